The van der Waals surface area contributed by atoms with Crippen LogP contribution in [0.1, 0.15) is 31.8 Å². The average molecular weight is 339 g/mol. The van der Waals surface area contributed by atoms with Crippen LogP contribution in [0.3, 0.4) is 0 Å². The number of carboxylic acids is 1. The van der Waals surface area contributed by atoms with Crippen molar-refractivity contribution in [2.45, 2.75) is 33.2 Å². The molecule has 0 bridgehead atoms. The van der Waals surface area contributed by atoms with Crippen LogP contribution in [0.2, 0.25) is 0 Å². The first-order valence-corrected chi connectivity index (χ1v) is 8.14. The Kier molecular flexibility index (Phi) is 5.08. The summed E-state index contributed by atoms with van der Waals surface area (Å²) >= 11 is 6.32. The van der Waals surface area contributed by atoms with E-state index in [0.29, 0.717) is 17.1 Å². The van der Waals surface area contributed by atoms with Gasteiger partial charge in [0.1, 0.15) is 21.9 Å². The van der Waals surface area contributed by atoms with E-state index in [1.165, 1.54) is 4.90 Å². The van der Waals surface area contributed by atoms with E-state index in [9.17, 15) is 14.7 Å². The maximum Gasteiger partial charge on any atom is 0.327 e. The Bertz CT molecular complexity index is 650. The number of hydrogen-bond acceptors (Lipinski definition) is 5. The van der Waals surface area contributed by atoms with Crippen molar-refractivity contribution in [2.75, 3.05) is 0 Å². The van der Waals surface area contributed by atoms with Crippen LogP contribution in [-0.2, 0) is 9.59 Å². The molecule has 118 valence electrons. The molecule has 1 aliphatic heterocycles. The Morgan fingerprint density at radius 2 is 2.23 bits per heavy atom. The van der Waals surface area contributed by atoms with E-state index >= 15 is 0 Å². The number of hydrogen-bond donors (Lipinski definition) is 1. The van der Waals surface area contributed by atoms with Crippen LogP contribution in [0.15, 0.2) is 21.5 Å². The van der Waals surface area contributed by atoms with Gasteiger partial charge in [-0.1, -0.05) is 44.2 Å². The topological polar surface area (TPSA) is 70.8 Å². The van der Waals surface area contributed by atoms with Gasteiger partial charge < -0.3 is 9.52 Å². The molecule has 7 heteroatoms. The number of thiocarbonyl (C=S) groups is 1. The van der Waals surface area contributed by atoms with Crippen molar-refractivity contribution in [1.29, 1.82) is 0 Å². The SMILES string of the molecule is CC[C@@H](C)[C@H](C(=O)O)N1C(=O)/C(=C\c2ccc(C)o2)SC1=S. The minimum atomic E-state index is -1.04. The minimum Gasteiger partial charge on any atom is -0.480 e. The number of thioether (sulfide) groups is 1. The first-order valence-electron chi connectivity index (χ1n) is 6.91. The van der Waals surface area contributed by atoms with Gasteiger partial charge in [-0.3, -0.25) is 9.69 Å². The molecule has 5 nitrogen and oxygen atoms in total. The second-order valence-corrected chi connectivity index (χ2v) is 6.84. The maximum absolute atomic E-state index is 12.5. The van der Waals surface area contributed by atoms with Gasteiger partial charge in [0, 0.05) is 6.08 Å². The maximum atomic E-state index is 12.5. The fraction of sp³-hybridized carbons (Fsp3) is 0.400. The molecule has 1 N–H and O–H groups in total. The van der Waals surface area contributed by atoms with Gasteiger partial charge in [0.15, 0.2) is 0 Å². The van der Waals surface area contributed by atoms with Gasteiger partial charge in [-0.05, 0) is 25.0 Å². The van der Waals surface area contributed by atoms with Crippen LogP contribution < -0.4 is 0 Å². The van der Waals surface area contributed by atoms with Gasteiger partial charge in [0.25, 0.3) is 5.91 Å². The molecular weight excluding hydrogens is 322 g/mol. The fourth-order valence-corrected chi connectivity index (χ4v) is 3.52. The van der Waals surface area contributed by atoms with Gasteiger partial charge in [-0.25, -0.2) is 4.79 Å². The summed E-state index contributed by atoms with van der Waals surface area (Å²) in [7, 11) is 0. The van der Waals surface area contributed by atoms with Gasteiger partial charge >= 0.3 is 5.97 Å². The molecule has 22 heavy (non-hydrogen) atoms. The quantitative estimate of drug-likeness (QED) is 0.656. The monoisotopic (exact) mass is 339 g/mol. The smallest absolute Gasteiger partial charge is 0.327 e. The van der Waals surface area contributed by atoms with Crippen LogP contribution in [0, 0.1) is 12.8 Å². The van der Waals surface area contributed by atoms with Crippen molar-refractivity contribution in [3.63, 3.8) is 0 Å². The summed E-state index contributed by atoms with van der Waals surface area (Å²) in [6.45, 7) is 5.50. The number of aliphatic carboxylic acids is 1. The van der Waals surface area contributed by atoms with E-state index in [-0.39, 0.29) is 16.1 Å². The summed E-state index contributed by atoms with van der Waals surface area (Å²) in [6.07, 6.45) is 2.24. The number of rotatable bonds is 5. The molecule has 2 atom stereocenters. The van der Waals surface area contributed by atoms with E-state index in [2.05, 4.69) is 0 Å². The molecule has 0 saturated carbocycles. The van der Waals surface area contributed by atoms with Gasteiger partial charge in [-0.2, -0.15) is 0 Å². The molecule has 0 aliphatic carbocycles. The summed E-state index contributed by atoms with van der Waals surface area (Å²) in [6, 6.07) is 2.61. The molecule has 1 amide bonds. The first-order chi connectivity index (χ1) is 10.3. The summed E-state index contributed by atoms with van der Waals surface area (Å²) < 4.78 is 5.69. The largest absolute Gasteiger partial charge is 0.480 e. The Morgan fingerprint density at radius 3 is 2.73 bits per heavy atom. The fourth-order valence-electron chi connectivity index (χ4n) is 2.21. The first kappa shape index (κ1) is 16.8. The summed E-state index contributed by atoms with van der Waals surface area (Å²) in [5, 5.41) is 9.45. The van der Waals surface area contributed by atoms with E-state index in [1.54, 1.807) is 25.1 Å². The molecular formula is C15H17NO4S2. The number of carboxylic acid groups (broad SMARTS) is 1. The van der Waals surface area contributed by atoms with Crippen molar-refractivity contribution in [3.05, 3.63) is 28.6 Å². The predicted octanol–water partition coefficient (Wildman–Crippen LogP) is 3.29. The average Bonchev–Trinajstić information content (AvgIpc) is 2.97. The number of nitrogens with zero attached hydrogens (tertiary/aromatic N) is 1. The molecule has 2 rings (SSSR count). The lowest BCUT2D eigenvalue weighted by Crippen LogP contribution is -2.47. The molecule has 1 saturated heterocycles. The van der Waals surface area contributed by atoms with Gasteiger partial charge in [0.2, 0.25) is 0 Å². The minimum absolute atomic E-state index is 0.190. The van der Waals surface area contributed by atoms with Gasteiger partial charge in [-0.15, -0.1) is 0 Å². The third kappa shape index (κ3) is 3.25. The Morgan fingerprint density at radius 1 is 1.55 bits per heavy atom. The van der Waals surface area contributed by atoms with Crippen LogP contribution in [-0.4, -0.2) is 32.2 Å². The van der Waals surface area contributed by atoms with Crippen molar-refractivity contribution < 1.29 is 19.1 Å². The number of furan rings is 1. The molecule has 1 aromatic heterocycles. The zero-order valence-electron chi connectivity index (χ0n) is 12.5. The molecule has 0 radical (unpaired) electrons. The summed E-state index contributed by atoms with van der Waals surface area (Å²) in [4.78, 5) is 25.7. The number of amides is 1. The van der Waals surface area contributed by atoms with E-state index in [0.717, 1.165) is 17.5 Å². The van der Waals surface area contributed by atoms with E-state index in [4.69, 9.17) is 16.6 Å². The van der Waals surface area contributed by atoms with Crippen molar-refractivity contribution in [2.24, 2.45) is 5.92 Å². The highest BCUT2D eigenvalue weighted by Crippen LogP contribution is 2.36. The lowest BCUT2D eigenvalue weighted by Gasteiger charge is -2.27. The summed E-state index contributed by atoms with van der Waals surface area (Å²) in [5.41, 5.74) is 0. The molecule has 1 fully saturated rings. The second kappa shape index (κ2) is 6.66. The Labute approximate surface area is 138 Å². The lowest BCUT2D eigenvalue weighted by atomic mass is 9.98. The molecule has 0 unspecified atom stereocenters. The highest BCUT2D eigenvalue weighted by Gasteiger charge is 2.42. The molecule has 0 aromatic carbocycles. The molecule has 1 aromatic rings. The molecule has 2 heterocycles. The van der Waals surface area contributed by atoms with Crippen molar-refractivity contribution in [3.8, 4) is 0 Å². The molecule has 0 spiro atoms. The Hall–Kier alpha value is -1.60. The third-order valence-electron chi connectivity index (χ3n) is 3.57. The second-order valence-electron chi connectivity index (χ2n) is 5.17. The van der Waals surface area contributed by atoms with Crippen LogP contribution in [0.4, 0.5) is 0 Å². The number of carbonyl (C=O) groups excluding carboxylic acids is 1. The van der Waals surface area contributed by atoms with Crippen LogP contribution >= 0.6 is 24.0 Å². The highest BCUT2D eigenvalue weighted by atomic mass is 32.2. The van der Waals surface area contributed by atoms with Crippen molar-refractivity contribution in [1.82, 2.24) is 4.90 Å². The third-order valence-corrected chi connectivity index (χ3v) is 4.90. The number of carbonyl (C=O) groups is 2. The van der Waals surface area contributed by atoms with E-state index in [1.807, 2.05) is 13.8 Å². The van der Waals surface area contributed by atoms with Gasteiger partial charge in [0.05, 0.1) is 4.91 Å². The lowest BCUT2D eigenvalue weighted by molar-refractivity contribution is -0.147. The Balaban J connectivity index is 2.32. The predicted molar refractivity (Wildman–Crippen MR) is 89.3 cm³/mol. The normalized spacial score (nSPS) is 19.8. The van der Waals surface area contributed by atoms with Crippen molar-refractivity contribution >= 4 is 46.3 Å². The molecule has 1 aliphatic rings. The van der Waals surface area contributed by atoms with Crippen LogP contribution in [0.25, 0.3) is 6.08 Å². The number of aryl methyl sites for hydroxylation is 1. The summed E-state index contributed by atoms with van der Waals surface area (Å²) in [5.74, 6) is -0.319. The zero-order valence-corrected chi connectivity index (χ0v) is 14.2. The zero-order chi connectivity index (χ0) is 16.4. The van der Waals surface area contributed by atoms with Crippen LogP contribution in [0.5, 0.6) is 0 Å². The highest BCUT2D eigenvalue weighted by molar-refractivity contribution is 8.26. The van der Waals surface area contributed by atoms with E-state index < -0.39 is 12.0 Å². The standard InChI is InChI=1S/C15H17NO4S2/c1-4-8(2)12(14(18)19)16-13(17)11(22-15(16)21)7-10-6-5-9(3)20-10/h5-8,12H,4H2,1-3H3,(H,18,19)/b11-7+/t8-,12-/m1/s1.